The van der Waals surface area contributed by atoms with Gasteiger partial charge in [0.1, 0.15) is 0 Å². The number of aryl methyl sites for hydroxylation is 2. The van der Waals surface area contributed by atoms with Crippen LogP contribution in [0.2, 0.25) is 0 Å². The van der Waals surface area contributed by atoms with Gasteiger partial charge in [0.05, 0.1) is 19.0 Å². The number of morpholine rings is 1. The molecule has 1 aromatic rings. The minimum atomic E-state index is -0.118. The van der Waals surface area contributed by atoms with Gasteiger partial charge in [-0.15, -0.1) is 11.8 Å². The van der Waals surface area contributed by atoms with Crippen molar-refractivity contribution in [2.45, 2.75) is 18.7 Å². The Morgan fingerprint density at radius 1 is 1.27 bits per heavy atom. The first-order valence-corrected chi connectivity index (χ1v) is 10.7. The van der Waals surface area contributed by atoms with Crippen molar-refractivity contribution in [3.63, 3.8) is 0 Å². The van der Waals surface area contributed by atoms with Crippen molar-refractivity contribution in [2.24, 2.45) is 0 Å². The second-order valence-corrected chi connectivity index (χ2v) is 8.32. The zero-order valence-electron chi connectivity index (χ0n) is 15.1. The molecule has 2 rings (SSSR count). The highest BCUT2D eigenvalue weighted by molar-refractivity contribution is 9.10. The summed E-state index contributed by atoms with van der Waals surface area (Å²) >= 11 is 10.2. The quantitative estimate of drug-likeness (QED) is 0.340. The number of halogens is 1. The van der Waals surface area contributed by atoms with Crippen molar-refractivity contribution < 1.29 is 9.53 Å². The van der Waals surface area contributed by atoms with Crippen LogP contribution < -0.4 is 16.2 Å². The molecule has 144 valence electrons. The average Bonchev–Trinajstić information content (AvgIpc) is 2.63. The Labute approximate surface area is 172 Å². The molecule has 0 bridgehead atoms. The van der Waals surface area contributed by atoms with E-state index in [4.69, 9.17) is 17.0 Å². The van der Waals surface area contributed by atoms with E-state index in [-0.39, 0.29) is 5.91 Å². The van der Waals surface area contributed by atoms with Crippen LogP contribution in [0.3, 0.4) is 0 Å². The van der Waals surface area contributed by atoms with Crippen LogP contribution in [-0.4, -0.2) is 61.1 Å². The maximum absolute atomic E-state index is 12.0. The third-order valence-corrected chi connectivity index (χ3v) is 6.21. The van der Waals surface area contributed by atoms with Crippen LogP contribution in [0.15, 0.2) is 21.5 Å². The van der Waals surface area contributed by atoms with Gasteiger partial charge in [-0.2, -0.15) is 0 Å². The molecule has 1 amide bonds. The monoisotopic (exact) mass is 460 g/mol. The minimum Gasteiger partial charge on any atom is -0.379 e. The van der Waals surface area contributed by atoms with Crippen molar-refractivity contribution in [1.29, 1.82) is 0 Å². The third-order valence-electron chi connectivity index (χ3n) is 3.95. The van der Waals surface area contributed by atoms with E-state index in [1.54, 1.807) is 0 Å². The Hall–Kier alpha value is -0.870. The van der Waals surface area contributed by atoms with Gasteiger partial charge >= 0.3 is 0 Å². The fourth-order valence-corrected chi connectivity index (χ4v) is 3.93. The molecule has 0 saturated carbocycles. The first-order valence-electron chi connectivity index (χ1n) is 8.48. The lowest BCUT2D eigenvalue weighted by molar-refractivity contribution is -0.119. The number of hydrogen-bond acceptors (Lipinski definition) is 5. The number of benzene rings is 1. The highest BCUT2D eigenvalue weighted by Crippen LogP contribution is 2.28. The summed E-state index contributed by atoms with van der Waals surface area (Å²) < 4.78 is 6.40. The molecule has 1 aromatic carbocycles. The molecule has 0 atom stereocenters. The normalized spacial score (nSPS) is 14.7. The Morgan fingerprint density at radius 2 is 2.00 bits per heavy atom. The number of rotatable bonds is 6. The smallest absolute Gasteiger partial charge is 0.248 e. The molecule has 0 aromatic heterocycles. The molecule has 6 nitrogen and oxygen atoms in total. The van der Waals surface area contributed by atoms with E-state index in [0.29, 0.717) is 10.9 Å². The number of carbonyl (C=O) groups excluding carboxylic acids is 1. The molecule has 1 fully saturated rings. The summed E-state index contributed by atoms with van der Waals surface area (Å²) in [6.45, 7) is 9.18. The summed E-state index contributed by atoms with van der Waals surface area (Å²) in [7, 11) is 0. The van der Waals surface area contributed by atoms with Crippen molar-refractivity contribution in [2.75, 3.05) is 45.1 Å². The number of hydrazine groups is 1. The standard InChI is InChI=1S/C17H25BrN4O2S2/c1-12-10-15(13(2)9-14(12)18)26-11-16(23)20-21-17(25)19-3-4-22-5-7-24-8-6-22/h9-10H,3-8,11H2,1-2H3,(H,20,23)(H2,19,21,25). The molecular formula is C17H25BrN4O2S2. The van der Waals surface area contributed by atoms with E-state index in [2.05, 4.69) is 49.1 Å². The Balaban J connectivity index is 1.62. The predicted molar refractivity (Wildman–Crippen MR) is 113 cm³/mol. The van der Waals surface area contributed by atoms with Gasteiger partial charge in [-0.25, -0.2) is 0 Å². The Morgan fingerprint density at radius 3 is 2.73 bits per heavy atom. The van der Waals surface area contributed by atoms with E-state index in [1.165, 1.54) is 11.8 Å². The summed E-state index contributed by atoms with van der Waals surface area (Å²) in [4.78, 5) is 15.4. The first-order chi connectivity index (χ1) is 12.5. The first kappa shape index (κ1) is 21.4. The molecule has 26 heavy (non-hydrogen) atoms. The molecule has 3 N–H and O–H groups in total. The molecule has 0 aliphatic carbocycles. The maximum Gasteiger partial charge on any atom is 0.248 e. The summed E-state index contributed by atoms with van der Waals surface area (Å²) in [6, 6.07) is 4.16. The highest BCUT2D eigenvalue weighted by atomic mass is 79.9. The van der Waals surface area contributed by atoms with E-state index >= 15 is 0 Å². The van der Waals surface area contributed by atoms with Crippen molar-refractivity contribution in [3.8, 4) is 0 Å². The second-order valence-electron chi connectivity index (χ2n) is 6.04. The fourth-order valence-electron chi connectivity index (χ4n) is 2.41. The second kappa shape index (κ2) is 11.1. The zero-order chi connectivity index (χ0) is 18.9. The lowest BCUT2D eigenvalue weighted by Gasteiger charge is -2.26. The summed E-state index contributed by atoms with van der Waals surface area (Å²) in [5.41, 5.74) is 7.68. The molecular weight excluding hydrogens is 436 g/mol. The van der Waals surface area contributed by atoms with Gasteiger partial charge < -0.3 is 10.1 Å². The molecule has 1 aliphatic rings. The molecule has 1 saturated heterocycles. The number of hydrogen-bond donors (Lipinski definition) is 3. The average molecular weight is 461 g/mol. The SMILES string of the molecule is Cc1cc(SCC(=O)NNC(=S)NCCN2CCOCC2)c(C)cc1Br. The molecule has 0 radical (unpaired) electrons. The van der Waals surface area contributed by atoms with Crippen LogP contribution in [0.4, 0.5) is 0 Å². The van der Waals surface area contributed by atoms with Crippen LogP contribution in [0, 0.1) is 13.8 Å². The number of ether oxygens (including phenoxy) is 1. The number of carbonyl (C=O) groups is 1. The van der Waals surface area contributed by atoms with E-state index in [9.17, 15) is 4.79 Å². The van der Waals surface area contributed by atoms with Crippen LogP contribution in [0.1, 0.15) is 11.1 Å². The Kier molecular flexibility index (Phi) is 9.13. The van der Waals surface area contributed by atoms with Crippen molar-refractivity contribution >= 4 is 50.9 Å². The third kappa shape index (κ3) is 7.40. The lowest BCUT2D eigenvalue weighted by atomic mass is 10.2. The summed E-state index contributed by atoms with van der Waals surface area (Å²) in [5, 5.41) is 3.52. The fraction of sp³-hybridized carbons (Fsp3) is 0.529. The largest absolute Gasteiger partial charge is 0.379 e. The maximum atomic E-state index is 12.0. The number of nitrogens with zero attached hydrogens (tertiary/aromatic N) is 1. The van der Waals surface area contributed by atoms with Crippen LogP contribution in [-0.2, 0) is 9.53 Å². The molecule has 0 unspecified atom stereocenters. The number of thioether (sulfide) groups is 1. The Bertz CT molecular complexity index is 639. The van der Waals surface area contributed by atoms with Gasteiger partial charge in [-0.05, 0) is 49.3 Å². The number of nitrogens with one attached hydrogen (secondary N) is 3. The highest BCUT2D eigenvalue weighted by Gasteiger charge is 2.10. The lowest BCUT2D eigenvalue weighted by Crippen LogP contribution is -2.49. The van der Waals surface area contributed by atoms with Crippen LogP contribution in [0.25, 0.3) is 0 Å². The topological polar surface area (TPSA) is 65.6 Å². The van der Waals surface area contributed by atoms with Gasteiger partial charge in [0, 0.05) is 35.5 Å². The van der Waals surface area contributed by atoms with E-state index in [0.717, 1.165) is 59.9 Å². The molecule has 1 heterocycles. The van der Waals surface area contributed by atoms with Gasteiger partial charge in [-0.1, -0.05) is 15.9 Å². The molecule has 0 spiro atoms. The van der Waals surface area contributed by atoms with Gasteiger partial charge in [0.25, 0.3) is 0 Å². The van der Waals surface area contributed by atoms with Crippen molar-refractivity contribution in [3.05, 3.63) is 27.7 Å². The van der Waals surface area contributed by atoms with Crippen LogP contribution >= 0.6 is 39.9 Å². The zero-order valence-corrected chi connectivity index (χ0v) is 18.3. The summed E-state index contributed by atoms with van der Waals surface area (Å²) in [6.07, 6.45) is 0. The van der Waals surface area contributed by atoms with E-state index in [1.807, 2.05) is 13.8 Å². The summed E-state index contributed by atoms with van der Waals surface area (Å²) in [5.74, 6) is 0.206. The van der Waals surface area contributed by atoms with E-state index < -0.39 is 0 Å². The van der Waals surface area contributed by atoms with Crippen LogP contribution in [0.5, 0.6) is 0 Å². The minimum absolute atomic E-state index is 0.118. The molecule has 1 aliphatic heterocycles. The van der Waals surface area contributed by atoms with Gasteiger partial charge in [0.2, 0.25) is 5.91 Å². The predicted octanol–water partition coefficient (Wildman–Crippen LogP) is 1.99. The molecule has 9 heteroatoms. The van der Waals surface area contributed by atoms with Gasteiger partial charge in [0.15, 0.2) is 5.11 Å². The van der Waals surface area contributed by atoms with Gasteiger partial charge in [-0.3, -0.25) is 20.5 Å². The van der Waals surface area contributed by atoms with Crippen molar-refractivity contribution in [1.82, 2.24) is 21.1 Å². The number of amides is 1. The number of thiocarbonyl (C=S) groups is 1.